The average molecular weight is 238 g/mol. The van der Waals surface area contributed by atoms with Gasteiger partial charge in [0.15, 0.2) is 0 Å². The minimum absolute atomic E-state index is 0.848. The molecule has 2 aromatic rings. The molecular formula is C16H18N2. The fraction of sp³-hybridized carbons (Fsp3) is 0.125. The highest BCUT2D eigenvalue weighted by molar-refractivity contribution is 5.44. The molecule has 0 spiro atoms. The Morgan fingerprint density at radius 1 is 0.611 bits per heavy atom. The number of benzene rings is 2. The Labute approximate surface area is 108 Å². The van der Waals surface area contributed by atoms with E-state index in [-0.39, 0.29) is 0 Å². The van der Waals surface area contributed by atoms with Gasteiger partial charge >= 0.3 is 0 Å². The van der Waals surface area contributed by atoms with Crippen molar-refractivity contribution in [2.45, 2.75) is 0 Å². The maximum atomic E-state index is 3.33. The first-order valence-corrected chi connectivity index (χ1v) is 6.18. The molecular weight excluding hydrogens is 220 g/mol. The molecule has 2 N–H and O–H groups in total. The van der Waals surface area contributed by atoms with Crippen molar-refractivity contribution in [1.29, 1.82) is 0 Å². The topological polar surface area (TPSA) is 24.1 Å². The lowest BCUT2D eigenvalue weighted by Crippen LogP contribution is -2.00. The molecule has 2 nitrogen and oxygen atoms in total. The van der Waals surface area contributed by atoms with Crippen LogP contribution in [0.1, 0.15) is 0 Å². The summed E-state index contributed by atoms with van der Waals surface area (Å²) in [7, 11) is 0. The summed E-state index contributed by atoms with van der Waals surface area (Å²) >= 11 is 0. The third-order valence-electron chi connectivity index (χ3n) is 2.56. The van der Waals surface area contributed by atoms with Crippen LogP contribution >= 0.6 is 0 Å². The Hall–Kier alpha value is -2.22. The molecule has 0 aromatic heterocycles. The lowest BCUT2D eigenvalue weighted by atomic mass is 10.3. The van der Waals surface area contributed by atoms with E-state index in [2.05, 4.69) is 47.1 Å². The van der Waals surface area contributed by atoms with Gasteiger partial charge in [-0.2, -0.15) is 0 Å². The second kappa shape index (κ2) is 7.17. The number of anilines is 2. The predicted octanol–water partition coefficient (Wildman–Crippen LogP) is 3.77. The minimum atomic E-state index is 0.848. The fourth-order valence-electron chi connectivity index (χ4n) is 1.63. The first-order chi connectivity index (χ1) is 8.95. The van der Waals surface area contributed by atoms with Gasteiger partial charge < -0.3 is 10.6 Å². The summed E-state index contributed by atoms with van der Waals surface area (Å²) in [5.74, 6) is 0. The maximum absolute atomic E-state index is 3.33. The van der Waals surface area contributed by atoms with E-state index in [1.54, 1.807) is 0 Å². The molecule has 0 saturated carbocycles. The van der Waals surface area contributed by atoms with Crippen molar-refractivity contribution in [2.24, 2.45) is 0 Å². The van der Waals surface area contributed by atoms with Crippen molar-refractivity contribution in [3.05, 3.63) is 72.8 Å². The smallest absolute Gasteiger partial charge is 0.0342 e. The van der Waals surface area contributed by atoms with Gasteiger partial charge in [0.1, 0.15) is 0 Å². The second-order valence-corrected chi connectivity index (χ2v) is 3.97. The Bertz CT molecular complexity index is 417. The molecule has 0 atom stereocenters. The van der Waals surface area contributed by atoms with Gasteiger partial charge in [-0.05, 0) is 24.3 Å². The van der Waals surface area contributed by atoms with Gasteiger partial charge in [-0.1, -0.05) is 48.6 Å². The molecule has 0 bridgehead atoms. The molecule has 0 aliphatic carbocycles. The molecule has 92 valence electrons. The van der Waals surface area contributed by atoms with Crippen molar-refractivity contribution in [2.75, 3.05) is 23.7 Å². The molecule has 0 heterocycles. The van der Waals surface area contributed by atoms with Crippen LogP contribution in [0.15, 0.2) is 72.8 Å². The van der Waals surface area contributed by atoms with E-state index in [0.717, 1.165) is 24.5 Å². The van der Waals surface area contributed by atoms with Crippen LogP contribution in [-0.2, 0) is 0 Å². The quantitative estimate of drug-likeness (QED) is 0.749. The molecule has 18 heavy (non-hydrogen) atoms. The third kappa shape index (κ3) is 4.34. The highest BCUT2D eigenvalue weighted by Gasteiger charge is 1.86. The van der Waals surface area contributed by atoms with Crippen LogP contribution < -0.4 is 10.6 Å². The van der Waals surface area contributed by atoms with Gasteiger partial charge in [0.05, 0.1) is 0 Å². The number of hydrogen-bond donors (Lipinski definition) is 2. The normalized spacial score (nSPS) is 10.4. The van der Waals surface area contributed by atoms with Gasteiger partial charge in [-0.15, -0.1) is 0 Å². The summed E-state index contributed by atoms with van der Waals surface area (Å²) in [6.45, 7) is 1.70. The molecule has 0 fully saturated rings. The van der Waals surface area contributed by atoms with Crippen LogP contribution in [0, 0.1) is 0 Å². The van der Waals surface area contributed by atoms with E-state index < -0.39 is 0 Å². The summed E-state index contributed by atoms with van der Waals surface area (Å²) < 4.78 is 0. The highest BCUT2D eigenvalue weighted by Crippen LogP contribution is 2.05. The van der Waals surface area contributed by atoms with Gasteiger partial charge in [0.25, 0.3) is 0 Å². The van der Waals surface area contributed by atoms with Gasteiger partial charge in [-0.3, -0.25) is 0 Å². The zero-order chi connectivity index (χ0) is 12.5. The van der Waals surface area contributed by atoms with Crippen LogP contribution in [0.5, 0.6) is 0 Å². The Morgan fingerprint density at radius 2 is 1.00 bits per heavy atom. The molecule has 0 unspecified atom stereocenters. The van der Waals surface area contributed by atoms with E-state index in [0.29, 0.717) is 0 Å². The first kappa shape index (κ1) is 12.2. The predicted molar refractivity (Wildman–Crippen MR) is 79.0 cm³/mol. The Kier molecular flexibility index (Phi) is 4.88. The summed E-state index contributed by atoms with van der Waals surface area (Å²) in [5.41, 5.74) is 2.30. The second-order valence-electron chi connectivity index (χ2n) is 3.97. The van der Waals surface area contributed by atoms with Crippen molar-refractivity contribution in [1.82, 2.24) is 0 Å². The number of hydrogen-bond acceptors (Lipinski definition) is 2. The van der Waals surface area contributed by atoms with Crippen molar-refractivity contribution < 1.29 is 0 Å². The van der Waals surface area contributed by atoms with Crippen LogP contribution in [-0.4, -0.2) is 13.1 Å². The summed E-state index contributed by atoms with van der Waals surface area (Å²) in [5, 5.41) is 6.66. The highest BCUT2D eigenvalue weighted by atomic mass is 14.9. The van der Waals surface area contributed by atoms with E-state index in [9.17, 15) is 0 Å². The SMILES string of the molecule is C(=C\CNc1ccccc1)/CNc1ccccc1. The lowest BCUT2D eigenvalue weighted by molar-refractivity contribution is 1.28. The van der Waals surface area contributed by atoms with Crippen LogP contribution in [0.2, 0.25) is 0 Å². The monoisotopic (exact) mass is 238 g/mol. The molecule has 2 rings (SSSR count). The van der Waals surface area contributed by atoms with Crippen LogP contribution in [0.25, 0.3) is 0 Å². The molecule has 0 radical (unpaired) electrons. The van der Waals surface area contributed by atoms with Gasteiger partial charge in [0, 0.05) is 24.5 Å². The fourth-order valence-corrected chi connectivity index (χ4v) is 1.63. The number of para-hydroxylation sites is 2. The largest absolute Gasteiger partial charge is 0.382 e. The Morgan fingerprint density at radius 3 is 1.39 bits per heavy atom. The standard InChI is InChI=1S/C16H18N2/c1-3-9-15(10-4-1)17-13-7-8-14-18-16-11-5-2-6-12-16/h1-12,17-18H,13-14H2/b8-7+. The number of nitrogens with one attached hydrogen (secondary N) is 2. The van der Waals surface area contributed by atoms with Crippen molar-refractivity contribution in [3.8, 4) is 0 Å². The van der Waals surface area contributed by atoms with Crippen LogP contribution in [0.4, 0.5) is 11.4 Å². The zero-order valence-electron chi connectivity index (χ0n) is 10.3. The molecule has 0 saturated heterocycles. The van der Waals surface area contributed by atoms with Crippen LogP contribution in [0.3, 0.4) is 0 Å². The lowest BCUT2D eigenvalue weighted by Gasteiger charge is -2.03. The molecule has 2 aromatic carbocycles. The summed E-state index contributed by atoms with van der Waals surface area (Å²) in [6.07, 6.45) is 4.26. The van der Waals surface area contributed by atoms with E-state index >= 15 is 0 Å². The Balaban J connectivity index is 1.64. The molecule has 2 heteroatoms. The van der Waals surface area contributed by atoms with Gasteiger partial charge in [0.2, 0.25) is 0 Å². The van der Waals surface area contributed by atoms with E-state index in [1.807, 2.05) is 36.4 Å². The average Bonchev–Trinajstić information content (AvgIpc) is 2.45. The molecule has 0 amide bonds. The van der Waals surface area contributed by atoms with Gasteiger partial charge in [-0.25, -0.2) is 0 Å². The summed E-state index contributed by atoms with van der Waals surface area (Å²) in [4.78, 5) is 0. The third-order valence-corrected chi connectivity index (χ3v) is 2.56. The van der Waals surface area contributed by atoms with E-state index in [1.165, 1.54) is 0 Å². The van der Waals surface area contributed by atoms with E-state index in [4.69, 9.17) is 0 Å². The molecule has 0 aliphatic rings. The minimum Gasteiger partial charge on any atom is -0.382 e. The first-order valence-electron chi connectivity index (χ1n) is 6.18. The van der Waals surface area contributed by atoms with Crippen molar-refractivity contribution in [3.63, 3.8) is 0 Å². The maximum Gasteiger partial charge on any atom is 0.0342 e. The zero-order valence-corrected chi connectivity index (χ0v) is 10.3. The van der Waals surface area contributed by atoms with Crippen molar-refractivity contribution >= 4 is 11.4 Å². The summed E-state index contributed by atoms with van der Waals surface area (Å²) in [6, 6.07) is 20.4. The number of rotatable bonds is 6. The molecule has 0 aliphatic heterocycles.